The molecule has 0 aliphatic carbocycles. The lowest BCUT2D eigenvalue weighted by atomic mass is 9.86. The van der Waals surface area contributed by atoms with E-state index in [0.29, 0.717) is 11.1 Å². The molecule has 26 heavy (non-hydrogen) atoms. The zero-order chi connectivity index (χ0) is 18.8. The highest BCUT2D eigenvalue weighted by Crippen LogP contribution is 2.36. The number of benzene rings is 3. The topological polar surface area (TPSA) is 34.1 Å². The molecule has 130 valence electrons. The summed E-state index contributed by atoms with van der Waals surface area (Å²) < 4.78 is 0. The molecular formula is C24H22O2. The molecule has 0 heterocycles. The second-order valence-electron chi connectivity index (χ2n) is 6.52. The lowest BCUT2D eigenvalue weighted by Crippen LogP contribution is -2.03. The molecule has 2 heteroatoms. The van der Waals surface area contributed by atoms with Crippen LogP contribution in [0.4, 0.5) is 0 Å². The molecule has 0 spiro atoms. The standard InChI is InChI=1S/C24H22O2/c1-5-9-18-10-6-7-11-21(18)22-14-23(17(4)26)24-19(15(22)2)12-8-13-20(24)16(3)25/h5-14H,1-4H3/b9-5+. The van der Waals surface area contributed by atoms with E-state index in [1.807, 2.05) is 43.3 Å². The summed E-state index contributed by atoms with van der Waals surface area (Å²) in [4.78, 5) is 24.5. The minimum atomic E-state index is -0.0338. The van der Waals surface area contributed by atoms with Crippen molar-refractivity contribution in [1.82, 2.24) is 0 Å². The lowest BCUT2D eigenvalue weighted by molar-refractivity contribution is 0.101. The van der Waals surface area contributed by atoms with Crippen LogP contribution in [-0.4, -0.2) is 11.6 Å². The van der Waals surface area contributed by atoms with E-state index in [2.05, 4.69) is 25.1 Å². The molecule has 3 aromatic rings. The summed E-state index contributed by atoms with van der Waals surface area (Å²) in [6, 6.07) is 15.8. The van der Waals surface area contributed by atoms with Crippen LogP contribution in [0.1, 0.15) is 52.6 Å². The van der Waals surface area contributed by atoms with Crippen LogP contribution < -0.4 is 0 Å². The summed E-state index contributed by atoms with van der Waals surface area (Å²) in [7, 11) is 0. The predicted molar refractivity (Wildman–Crippen MR) is 109 cm³/mol. The summed E-state index contributed by atoms with van der Waals surface area (Å²) in [6.45, 7) is 7.15. The van der Waals surface area contributed by atoms with E-state index in [-0.39, 0.29) is 11.6 Å². The molecule has 0 saturated carbocycles. The van der Waals surface area contributed by atoms with Gasteiger partial charge in [-0.05, 0) is 61.4 Å². The molecule has 0 radical (unpaired) electrons. The first-order chi connectivity index (χ1) is 12.5. The van der Waals surface area contributed by atoms with Crippen molar-refractivity contribution in [3.8, 4) is 11.1 Å². The first-order valence-corrected chi connectivity index (χ1v) is 8.76. The second kappa shape index (κ2) is 7.09. The van der Waals surface area contributed by atoms with Crippen LogP contribution in [0, 0.1) is 6.92 Å². The van der Waals surface area contributed by atoms with Gasteiger partial charge in [-0.3, -0.25) is 9.59 Å². The van der Waals surface area contributed by atoms with Crippen molar-refractivity contribution in [2.75, 3.05) is 0 Å². The van der Waals surface area contributed by atoms with Gasteiger partial charge in [-0.25, -0.2) is 0 Å². The van der Waals surface area contributed by atoms with E-state index in [4.69, 9.17) is 0 Å². The Morgan fingerprint density at radius 2 is 1.54 bits per heavy atom. The molecule has 0 fully saturated rings. The maximum absolute atomic E-state index is 12.4. The molecule has 0 aliphatic rings. The number of hydrogen-bond donors (Lipinski definition) is 0. The highest BCUT2D eigenvalue weighted by molar-refractivity contribution is 6.17. The quantitative estimate of drug-likeness (QED) is 0.525. The van der Waals surface area contributed by atoms with Gasteiger partial charge in [0, 0.05) is 16.5 Å². The van der Waals surface area contributed by atoms with Gasteiger partial charge in [0.15, 0.2) is 11.6 Å². The highest BCUT2D eigenvalue weighted by Gasteiger charge is 2.18. The molecular weight excluding hydrogens is 320 g/mol. The van der Waals surface area contributed by atoms with Crippen molar-refractivity contribution in [1.29, 1.82) is 0 Å². The molecule has 3 rings (SSSR count). The fourth-order valence-electron chi connectivity index (χ4n) is 3.54. The smallest absolute Gasteiger partial charge is 0.160 e. The number of ketones is 2. The molecule has 3 aromatic carbocycles. The maximum atomic E-state index is 12.4. The minimum absolute atomic E-state index is 0.0282. The fourth-order valence-corrected chi connectivity index (χ4v) is 3.54. The molecule has 2 nitrogen and oxygen atoms in total. The number of carbonyl (C=O) groups excluding carboxylic acids is 2. The van der Waals surface area contributed by atoms with Crippen LogP contribution in [0.3, 0.4) is 0 Å². The van der Waals surface area contributed by atoms with Gasteiger partial charge in [-0.1, -0.05) is 54.6 Å². The van der Waals surface area contributed by atoms with Crippen molar-refractivity contribution >= 4 is 28.4 Å². The Kier molecular flexibility index (Phi) is 4.85. The fraction of sp³-hybridized carbons (Fsp3) is 0.167. The molecule has 0 unspecified atom stereocenters. The summed E-state index contributed by atoms with van der Waals surface area (Å²) in [5, 5.41) is 1.72. The lowest BCUT2D eigenvalue weighted by Gasteiger charge is -2.17. The number of allylic oxidation sites excluding steroid dienone is 1. The van der Waals surface area contributed by atoms with E-state index >= 15 is 0 Å². The summed E-state index contributed by atoms with van der Waals surface area (Å²) in [5.41, 5.74) is 5.49. The number of Topliss-reactive ketones (excluding diaryl/α,β-unsaturated/α-hetero) is 2. The third kappa shape index (κ3) is 2.99. The number of hydrogen-bond acceptors (Lipinski definition) is 2. The molecule has 0 amide bonds. The van der Waals surface area contributed by atoms with Gasteiger partial charge in [0.25, 0.3) is 0 Å². The van der Waals surface area contributed by atoms with Gasteiger partial charge in [0.05, 0.1) is 0 Å². The monoisotopic (exact) mass is 342 g/mol. The third-order valence-corrected chi connectivity index (χ3v) is 4.79. The SMILES string of the molecule is C/C=C/c1ccccc1-c1cc(C(C)=O)c2c(C(C)=O)cccc2c1C. The molecule has 0 aromatic heterocycles. The molecule has 0 saturated heterocycles. The van der Waals surface area contributed by atoms with Crippen molar-refractivity contribution in [2.24, 2.45) is 0 Å². The third-order valence-electron chi connectivity index (χ3n) is 4.79. The van der Waals surface area contributed by atoms with Gasteiger partial charge < -0.3 is 0 Å². The van der Waals surface area contributed by atoms with E-state index in [9.17, 15) is 9.59 Å². The first-order valence-electron chi connectivity index (χ1n) is 8.76. The Hall–Kier alpha value is -3.00. The van der Waals surface area contributed by atoms with Crippen molar-refractivity contribution in [3.63, 3.8) is 0 Å². The largest absolute Gasteiger partial charge is 0.294 e. The average Bonchev–Trinajstić information content (AvgIpc) is 2.62. The number of carbonyl (C=O) groups is 2. The summed E-state index contributed by atoms with van der Waals surface area (Å²) in [5.74, 6) is -0.0620. The maximum Gasteiger partial charge on any atom is 0.160 e. The normalized spacial score (nSPS) is 11.2. The van der Waals surface area contributed by atoms with E-state index in [1.54, 1.807) is 19.9 Å². The molecule has 0 aliphatic heterocycles. The number of rotatable bonds is 4. The Morgan fingerprint density at radius 3 is 2.19 bits per heavy atom. The summed E-state index contributed by atoms with van der Waals surface area (Å²) >= 11 is 0. The Labute approximate surface area is 154 Å². The van der Waals surface area contributed by atoms with Crippen LogP contribution >= 0.6 is 0 Å². The highest BCUT2D eigenvalue weighted by atomic mass is 16.1. The van der Waals surface area contributed by atoms with Gasteiger partial charge in [0.2, 0.25) is 0 Å². The Bertz CT molecular complexity index is 1060. The van der Waals surface area contributed by atoms with E-state index in [0.717, 1.165) is 33.0 Å². The Balaban J connectivity index is 2.46. The van der Waals surface area contributed by atoms with Crippen molar-refractivity contribution in [3.05, 3.63) is 76.9 Å². The van der Waals surface area contributed by atoms with E-state index < -0.39 is 0 Å². The molecule has 0 N–H and O–H groups in total. The number of fused-ring (bicyclic) bond motifs is 1. The minimum Gasteiger partial charge on any atom is -0.294 e. The average molecular weight is 342 g/mol. The zero-order valence-electron chi connectivity index (χ0n) is 15.6. The summed E-state index contributed by atoms with van der Waals surface area (Å²) in [6.07, 6.45) is 4.08. The predicted octanol–water partition coefficient (Wildman–Crippen LogP) is 6.25. The van der Waals surface area contributed by atoms with Gasteiger partial charge in [-0.2, -0.15) is 0 Å². The van der Waals surface area contributed by atoms with E-state index in [1.165, 1.54) is 0 Å². The van der Waals surface area contributed by atoms with Crippen LogP contribution in [-0.2, 0) is 0 Å². The van der Waals surface area contributed by atoms with Crippen LogP contribution in [0.5, 0.6) is 0 Å². The van der Waals surface area contributed by atoms with Gasteiger partial charge in [-0.15, -0.1) is 0 Å². The molecule has 0 bridgehead atoms. The van der Waals surface area contributed by atoms with Crippen molar-refractivity contribution in [2.45, 2.75) is 27.7 Å². The first kappa shape index (κ1) is 17.8. The van der Waals surface area contributed by atoms with Gasteiger partial charge >= 0.3 is 0 Å². The second-order valence-corrected chi connectivity index (χ2v) is 6.52. The zero-order valence-corrected chi connectivity index (χ0v) is 15.6. The molecule has 0 atom stereocenters. The van der Waals surface area contributed by atoms with Crippen LogP contribution in [0.25, 0.3) is 28.0 Å². The van der Waals surface area contributed by atoms with Crippen molar-refractivity contribution < 1.29 is 9.59 Å². The van der Waals surface area contributed by atoms with Crippen LogP contribution in [0.2, 0.25) is 0 Å². The Morgan fingerprint density at radius 1 is 0.846 bits per heavy atom. The number of aryl methyl sites for hydroxylation is 1. The van der Waals surface area contributed by atoms with Gasteiger partial charge in [0.1, 0.15) is 0 Å². The van der Waals surface area contributed by atoms with Crippen LogP contribution in [0.15, 0.2) is 54.6 Å².